The number of hydrogen-bond acceptors (Lipinski definition) is 3. The number of rotatable bonds is 4. The molecule has 1 aromatic carbocycles. The average Bonchev–Trinajstić information content (AvgIpc) is 2.62. The van der Waals surface area contributed by atoms with Crippen LogP contribution in [0, 0.1) is 11.8 Å². The molecule has 138 valence electrons. The van der Waals surface area contributed by atoms with Crippen molar-refractivity contribution < 1.29 is 4.74 Å². The lowest BCUT2D eigenvalue weighted by atomic mass is 9.78. The summed E-state index contributed by atoms with van der Waals surface area (Å²) in [6, 6.07) is 8.28. The minimum atomic E-state index is 0.423. The molecular weight excluding hydrogens is 352 g/mol. The second kappa shape index (κ2) is 9.77. The number of ether oxygens (including phenoxy) is 1. The van der Waals surface area contributed by atoms with Gasteiger partial charge in [0.2, 0.25) is 0 Å². The first kappa shape index (κ1) is 19.7. The van der Waals surface area contributed by atoms with Gasteiger partial charge < -0.3 is 15.4 Å². The molecule has 0 aliphatic heterocycles. The Kier molecular flexibility index (Phi) is 7.71. The van der Waals surface area contributed by atoms with Crippen molar-refractivity contribution in [2.75, 3.05) is 7.11 Å². The van der Waals surface area contributed by atoms with Crippen LogP contribution < -0.4 is 26.2 Å². The summed E-state index contributed by atoms with van der Waals surface area (Å²) in [6.07, 6.45) is 3.71. The van der Waals surface area contributed by atoms with Gasteiger partial charge in [-0.15, -0.1) is 0 Å². The molecule has 1 aliphatic rings. The van der Waals surface area contributed by atoms with Crippen molar-refractivity contribution >= 4 is 34.7 Å². The number of nitrogens with one attached hydrogen (secondary N) is 4. The van der Waals surface area contributed by atoms with E-state index >= 15 is 0 Å². The quantitative estimate of drug-likeness (QED) is 0.473. The van der Waals surface area contributed by atoms with Gasteiger partial charge in [-0.05, 0) is 60.4 Å². The van der Waals surface area contributed by atoms with E-state index in [1.165, 1.54) is 12.8 Å². The maximum atomic E-state index is 5.36. The highest BCUT2D eigenvalue weighted by atomic mass is 32.1. The Balaban J connectivity index is 1.67. The molecule has 0 unspecified atom stereocenters. The minimum absolute atomic E-state index is 0.423. The van der Waals surface area contributed by atoms with Crippen molar-refractivity contribution in [2.24, 2.45) is 11.8 Å². The lowest BCUT2D eigenvalue weighted by Crippen LogP contribution is -2.54. The Hall–Kier alpha value is -1.60. The van der Waals surface area contributed by atoms with E-state index in [4.69, 9.17) is 29.2 Å². The molecule has 0 bridgehead atoms. The zero-order valence-corrected chi connectivity index (χ0v) is 16.7. The van der Waals surface area contributed by atoms with Gasteiger partial charge in [0, 0.05) is 12.6 Å². The fourth-order valence-electron chi connectivity index (χ4n) is 3.07. The summed E-state index contributed by atoms with van der Waals surface area (Å²) in [4.78, 5) is 0. The van der Waals surface area contributed by atoms with Gasteiger partial charge in [-0.3, -0.25) is 10.9 Å². The minimum Gasteiger partial charge on any atom is -0.497 e. The van der Waals surface area contributed by atoms with E-state index in [9.17, 15) is 0 Å². The molecule has 3 atom stereocenters. The molecule has 0 aromatic heterocycles. The predicted molar refractivity (Wildman–Crippen MR) is 110 cm³/mol. The van der Waals surface area contributed by atoms with E-state index in [2.05, 4.69) is 35.3 Å². The van der Waals surface area contributed by atoms with E-state index in [1.54, 1.807) is 7.11 Å². The molecule has 4 N–H and O–H groups in total. The van der Waals surface area contributed by atoms with Crippen molar-refractivity contribution in [1.29, 1.82) is 0 Å². The Morgan fingerprint density at radius 2 is 1.76 bits per heavy atom. The number of thiocarbonyl (C=S) groups is 2. The van der Waals surface area contributed by atoms with Gasteiger partial charge in [0.25, 0.3) is 0 Å². The van der Waals surface area contributed by atoms with Gasteiger partial charge in [0.1, 0.15) is 5.75 Å². The van der Waals surface area contributed by atoms with Crippen LogP contribution in [-0.4, -0.2) is 23.4 Å². The monoisotopic (exact) mass is 380 g/mol. The maximum Gasteiger partial charge on any atom is 0.185 e. The smallest absolute Gasteiger partial charge is 0.185 e. The van der Waals surface area contributed by atoms with Gasteiger partial charge in [-0.25, -0.2) is 0 Å². The Morgan fingerprint density at radius 1 is 1.08 bits per heavy atom. The van der Waals surface area contributed by atoms with Gasteiger partial charge >= 0.3 is 0 Å². The summed E-state index contributed by atoms with van der Waals surface area (Å²) < 4.78 is 5.15. The number of benzene rings is 1. The van der Waals surface area contributed by atoms with Crippen molar-refractivity contribution in [2.45, 2.75) is 45.7 Å². The highest BCUT2D eigenvalue weighted by Gasteiger charge is 2.27. The molecule has 2 rings (SSSR count). The second-order valence-corrected chi connectivity index (χ2v) is 7.44. The van der Waals surface area contributed by atoms with Gasteiger partial charge in [-0.2, -0.15) is 0 Å². The van der Waals surface area contributed by atoms with Crippen molar-refractivity contribution in [1.82, 2.24) is 21.5 Å². The van der Waals surface area contributed by atoms with Gasteiger partial charge in [0.05, 0.1) is 7.11 Å². The zero-order chi connectivity index (χ0) is 18.2. The molecule has 1 aliphatic carbocycles. The molecule has 7 heteroatoms. The van der Waals surface area contributed by atoms with E-state index in [1.807, 2.05) is 24.3 Å². The van der Waals surface area contributed by atoms with Crippen LogP contribution in [0.1, 0.15) is 38.7 Å². The lowest BCUT2D eigenvalue weighted by molar-refractivity contribution is 0.224. The number of hydrazine groups is 1. The van der Waals surface area contributed by atoms with Crippen LogP contribution in [-0.2, 0) is 6.54 Å². The molecule has 0 spiro atoms. The summed E-state index contributed by atoms with van der Waals surface area (Å²) in [5.74, 6) is 2.19. The molecule has 0 heterocycles. The molecule has 25 heavy (non-hydrogen) atoms. The van der Waals surface area contributed by atoms with Crippen molar-refractivity contribution in [3.05, 3.63) is 29.8 Å². The third-order valence-corrected chi connectivity index (χ3v) is 5.39. The van der Waals surface area contributed by atoms with Crippen LogP contribution in [0.3, 0.4) is 0 Å². The van der Waals surface area contributed by atoms with Crippen LogP contribution in [0.5, 0.6) is 5.75 Å². The van der Waals surface area contributed by atoms with E-state index in [0.717, 1.165) is 23.7 Å². The Labute approximate surface area is 161 Å². The first-order chi connectivity index (χ1) is 12.0. The summed E-state index contributed by atoms with van der Waals surface area (Å²) in [6.45, 7) is 5.24. The van der Waals surface area contributed by atoms with Crippen LogP contribution in [0.4, 0.5) is 0 Å². The third-order valence-electron chi connectivity index (χ3n) is 4.93. The van der Waals surface area contributed by atoms with Crippen LogP contribution in [0.25, 0.3) is 0 Å². The zero-order valence-electron chi connectivity index (χ0n) is 15.1. The fraction of sp³-hybridized carbons (Fsp3) is 0.556. The number of hydrogen-bond donors (Lipinski definition) is 4. The van der Waals surface area contributed by atoms with Gasteiger partial charge in [0.15, 0.2) is 10.2 Å². The largest absolute Gasteiger partial charge is 0.497 e. The summed E-state index contributed by atoms with van der Waals surface area (Å²) in [7, 11) is 1.66. The molecule has 0 saturated heterocycles. The third kappa shape index (κ3) is 6.32. The molecule has 1 aromatic rings. The Morgan fingerprint density at radius 3 is 2.44 bits per heavy atom. The van der Waals surface area contributed by atoms with Crippen LogP contribution >= 0.6 is 24.4 Å². The first-order valence-electron chi connectivity index (χ1n) is 8.73. The van der Waals surface area contributed by atoms with E-state index in [0.29, 0.717) is 28.7 Å². The highest BCUT2D eigenvalue weighted by Crippen LogP contribution is 2.29. The molecule has 1 saturated carbocycles. The Bertz CT molecular complexity index is 579. The maximum absolute atomic E-state index is 5.36. The molecule has 5 nitrogen and oxygen atoms in total. The SMILES string of the molecule is COc1ccc(CNC(=S)NNC(=S)N[C@H]2CCC[C@@H](C)[C@H]2C)cc1. The molecular formula is C18H28N4OS2. The normalized spacial score (nSPS) is 22.6. The summed E-state index contributed by atoms with van der Waals surface area (Å²) in [5.41, 5.74) is 7.02. The summed E-state index contributed by atoms with van der Waals surface area (Å²) >= 11 is 10.6. The lowest BCUT2D eigenvalue weighted by Gasteiger charge is -2.35. The molecule has 0 radical (unpaired) electrons. The van der Waals surface area contributed by atoms with Crippen molar-refractivity contribution in [3.63, 3.8) is 0 Å². The highest BCUT2D eigenvalue weighted by molar-refractivity contribution is 7.80. The van der Waals surface area contributed by atoms with Gasteiger partial charge in [-0.1, -0.05) is 38.8 Å². The van der Waals surface area contributed by atoms with Crippen LogP contribution in [0.15, 0.2) is 24.3 Å². The fourth-order valence-corrected chi connectivity index (χ4v) is 3.40. The molecule has 1 fully saturated rings. The predicted octanol–water partition coefficient (Wildman–Crippen LogP) is 2.86. The van der Waals surface area contributed by atoms with E-state index in [-0.39, 0.29) is 0 Å². The van der Waals surface area contributed by atoms with E-state index < -0.39 is 0 Å². The molecule has 0 amide bonds. The summed E-state index contributed by atoms with van der Waals surface area (Å²) in [5, 5.41) is 7.63. The first-order valence-corrected chi connectivity index (χ1v) is 9.54. The van der Waals surface area contributed by atoms with Crippen molar-refractivity contribution in [3.8, 4) is 5.75 Å². The van der Waals surface area contributed by atoms with Crippen LogP contribution in [0.2, 0.25) is 0 Å². The topological polar surface area (TPSA) is 57.4 Å². The standard InChI is InChI=1S/C18H28N4OS2/c1-12-5-4-6-16(13(12)2)20-18(25)22-21-17(24)19-11-14-7-9-15(23-3)10-8-14/h7-10,12-13,16H,4-6,11H2,1-3H3,(H2,19,21,24)(H2,20,22,25)/t12-,13-,16+/m1/s1. The second-order valence-electron chi connectivity index (χ2n) is 6.63. The number of methoxy groups -OCH3 is 1. The average molecular weight is 381 g/mol.